The lowest BCUT2D eigenvalue weighted by molar-refractivity contribution is 0.487. The van der Waals surface area contributed by atoms with Crippen molar-refractivity contribution in [3.63, 3.8) is 0 Å². The molecule has 0 fully saturated rings. The maximum Gasteiger partial charge on any atom is 0.201 e. The zero-order chi connectivity index (χ0) is 10.6. The highest BCUT2D eigenvalue weighted by molar-refractivity contribution is 7.17. The number of allylic oxidation sites excluding steroid dienone is 5. The van der Waals surface area contributed by atoms with E-state index in [2.05, 4.69) is 11.6 Å². The molecule has 14 heavy (non-hydrogen) atoms. The molecule has 0 atom stereocenters. The van der Waals surface area contributed by atoms with Gasteiger partial charge in [0.1, 0.15) is 5.69 Å². The molecule has 4 heteroatoms. The van der Waals surface area contributed by atoms with Crippen molar-refractivity contribution >= 4 is 22.0 Å². The molecule has 0 aliphatic carbocycles. The summed E-state index contributed by atoms with van der Waals surface area (Å²) in [5, 5.41) is 10.0. The lowest BCUT2D eigenvalue weighted by atomic mass is 10.1. The first-order valence-corrected chi connectivity index (χ1v) is 4.91. The van der Waals surface area contributed by atoms with Gasteiger partial charge in [0, 0.05) is 5.57 Å². The molecule has 0 aliphatic rings. The maximum atomic E-state index is 9.52. The van der Waals surface area contributed by atoms with Crippen molar-refractivity contribution in [1.29, 1.82) is 0 Å². The van der Waals surface area contributed by atoms with E-state index in [1.54, 1.807) is 12.2 Å². The van der Waals surface area contributed by atoms with Gasteiger partial charge in [-0.2, -0.15) is 0 Å². The molecular formula is C10H12N2OS. The number of hydrogen-bond donors (Lipinski definition) is 2. The summed E-state index contributed by atoms with van der Waals surface area (Å²) in [5.41, 5.74) is 6.78. The fourth-order valence-corrected chi connectivity index (χ4v) is 1.63. The predicted octanol–water partition coefficient (Wildman–Crippen LogP) is 2.58. The van der Waals surface area contributed by atoms with Crippen LogP contribution in [0.3, 0.4) is 0 Å². The summed E-state index contributed by atoms with van der Waals surface area (Å²) < 4.78 is 0. The Morgan fingerprint density at radius 2 is 2.36 bits per heavy atom. The van der Waals surface area contributed by atoms with Crippen LogP contribution < -0.4 is 5.73 Å². The molecule has 0 amide bonds. The van der Waals surface area contributed by atoms with Crippen molar-refractivity contribution in [2.45, 2.75) is 6.92 Å². The summed E-state index contributed by atoms with van der Waals surface area (Å²) in [6, 6.07) is 0. The first-order chi connectivity index (χ1) is 6.69. The number of rotatable bonds is 3. The monoisotopic (exact) mass is 208 g/mol. The molecule has 3 nitrogen and oxygen atoms in total. The van der Waals surface area contributed by atoms with E-state index in [-0.39, 0.29) is 5.06 Å². The van der Waals surface area contributed by atoms with Gasteiger partial charge < -0.3 is 10.8 Å². The Balaban J connectivity index is 3.17. The van der Waals surface area contributed by atoms with Gasteiger partial charge in [0.2, 0.25) is 5.06 Å². The van der Waals surface area contributed by atoms with Crippen LogP contribution in [-0.4, -0.2) is 10.1 Å². The van der Waals surface area contributed by atoms with E-state index in [9.17, 15) is 5.11 Å². The van der Waals surface area contributed by atoms with Gasteiger partial charge in [-0.3, -0.25) is 0 Å². The maximum absolute atomic E-state index is 9.52. The van der Waals surface area contributed by atoms with Gasteiger partial charge in [0.15, 0.2) is 5.13 Å². The van der Waals surface area contributed by atoms with Crippen LogP contribution in [0, 0.1) is 0 Å². The van der Waals surface area contributed by atoms with E-state index in [1.807, 2.05) is 19.1 Å². The molecule has 0 bridgehead atoms. The largest absolute Gasteiger partial charge is 0.498 e. The number of anilines is 1. The average molecular weight is 208 g/mol. The molecule has 0 aromatic carbocycles. The second-order valence-corrected chi connectivity index (χ2v) is 3.57. The van der Waals surface area contributed by atoms with Gasteiger partial charge in [-0.25, -0.2) is 4.98 Å². The Kier molecular flexibility index (Phi) is 3.48. The van der Waals surface area contributed by atoms with E-state index in [4.69, 9.17) is 5.73 Å². The van der Waals surface area contributed by atoms with Gasteiger partial charge in [0.25, 0.3) is 0 Å². The quantitative estimate of drug-likeness (QED) is 0.750. The molecule has 1 aromatic heterocycles. The number of thiazole rings is 1. The SMILES string of the molecule is C=C/C=C(\C=C/C)c1nc(N)sc1O. The van der Waals surface area contributed by atoms with Crippen LogP contribution in [0.5, 0.6) is 5.06 Å². The van der Waals surface area contributed by atoms with Gasteiger partial charge in [-0.1, -0.05) is 42.2 Å². The Morgan fingerprint density at radius 3 is 2.79 bits per heavy atom. The van der Waals surface area contributed by atoms with Gasteiger partial charge in [-0.05, 0) is 6.92 Å². The summed E-state index contributed by atoms with van der Waals surface area (Å²) in [7, 11) is 0. The van der Waals surface area contributed by atoms with Crippen molar-refractivity contribution in [2.75, 3.05) is 5.73 Å². The number of nitrogens with two attached hydrogens (primary N) is 1. The van der Waals surface area contributed by atoms with Crippen molar-refractivity contribution in [3.05, 3.63) is 36.6 Å². The van der Waals surface area contributed by atoms with Crippen LogP contribution in [0.1, 0.15) is 12.6 Å². The minimum absolute atomic E-state index is 0.133. The lowest BCUT2D eigenvalue weighted by Crippen LogP contribution is -1.85. The smallest absolute Gasteiger partial charge is 0.201 e. The highest BCUT2D eigenvalue weighted by atomic mass is 32.1. The van der Waals surface area contributed by atoms with Gasteiger partial charge in [-0.15, -0.1) is 0 Å². The molecule has 0 aliphatic heterocycles. The van der Waals surface area contributed by atoms with E-state index >= 15 is 0 Å². The second-order valence-electron chi connectivity index (χ2n) is 2.56. The third-order valence-electron chi connectivity index (χ3n) is 1.54. The van der Waals surface area contributed by atoms with Crippen molar-refractivity contribution < 1.29 is 5.11 Å². The Hall–Kier alpha value is -1.55. The summed E-state index contributed by atoms with van der Waals surface area (Å²) in [4.78, 5) is 4.03. The zero-order valence-corrected chi connectivity index (χ0v) is 8.71. The Labute approximate surface area is 86.9 Å². The summed E-state index contributed by atoms with van der Waals surface area (Å²) in [5.74, 6) is 0. The van der Waals surface area contributed by atoms with Crippen LogP contribution in [0.2, 0.25) is 0 Å². The number of nitrogens with zero attached hydrogens (tertiary/aromatic N) is 1. The fraction of sp³-hybridized carbons (Fsp3) is 0.100. The molecule has 0 saturated heterocycles. The normalized spacial score (nSPS) is 12.2. The van der Waals surface area contributed by atoms with Crippen LogP contribution >= 0.6 is 11.3 Å². The molecule has 1 aromatic rings. The molecule has 3 N–H and O–H groups in total. The number of aromatic nitrogens is 1. The number of hydrogen-bond acceptors (Lipinski definition) is 4. The molecule has 0 radical (unpaired) electrons. The summed E-state index contributed by atoms with van der Waals surface area (Å²) in [6.07, 6.45) is 7.12. The number of nitrogen functional groups attached to an aromatic ring is 1. The molecule has 74 valence electrons. The second kappa shape index (κ2) is 4.62. The molecule has 0 spiro atoms. The minimum Gasteiger partial charge on any atom is -0.498 e. The van der Waals surface area contributed by atoms with E-state index < -0.39 is 0 Å². The highest BCUT2D eigenvalue weighted by Crippen LogP contribution is 2.32. The lowest BCUT2D eigenvalue weighted by Gasteiger charge is -1.96. The zero-order valence-electron chi connectivity index (χ0n) is 7.90. The molecule has 0 unspecified atom stereocenters. The Bertz CT molecular complexity index is 391. The summed E-state index contributed by atoms with van der Waals surface area (Å²) in [6.45, 7) is 5.49. The number of aromatic hydroxyl groups is 1. The average Bonchev–Trinajstić information content (AvgIpc) is 2.45. The van der Waals surface area contributed by atoms with Crippen molar-refractivity contribution in [3.8, 4) is 5.06 Å². The van der Waals surface area contributed by atoms with E-state index in [1.165, 1.54) is 0 Å². The minimum atomic E-state index is 0.133. The van der Waals surface area contributed by atoms with Gasteiger partial charge in [0.05, 0.1) is 0 Å². The highest BCUT2D eigenvalue weighted by Gasteiger charge is 2.10. The fourth-order valence-electron chi connectivity index (χ4n) is 1.04. The van der Waals surface area contributed by atoms with E-state index in [0.29, 0.717) is 10.8 Å². The Morgan fingerprint density at radius 1 is 1.64 bits per heavy atom. The van der Waals surface area contributed by atoms with Crippen molar-refractivity contribution in [2.24, 2.45) is 0 Å². The topological polar surface area (TPSA) is 59.1 Å². The first kappa shape index (κ1) is 10.5. The van der Waals surface area contributed by atoms with E-state index in [0.717, 1.165) is 16.9 Å². The molecule has 1 heterocycles. The molecule has 1 rings (SSSR count). The van der Waals surface area contributed by atoms with Crippen LogP contribution in [0.4, 0.5) is 5.13 Å². The third-order valence-corrected chi connectivity index (χ3v) is 2.23. The first-order valence-electron chi connectivity index (χ1n) is 4.10. The van der Waals surface area contributed by atoms with Crippen LogP contribution in [-0.2, 0) is 0 Å². The third kappa shape index (κ3) is 2.23. The van der Waals surface area contributed by atoms with Crippen LogP contribution in [0.25, 0.3) is 5.57 Å². The standard InChI is InChI=1S/C10H12N2OS/c1-3-5-7(6-4-2)8-9(13)14-10(11)12-8/h3-6,13H,1H2,2H3,(H2,11,12)/b6-4-,7-5+. The predicted molar refractivity (Wildman–Crippen MR) is 61.2 cm³/mol. The van der Waals surface area contributed by atoms with Crippen molar-refractivity contribution in [1.82, 2.24) is 4.98 Å². The molecular weight excluding hydrogens is 196 g/mol. The molecule has 0 saturated carbocycles. The van der Waals surface area contributed by atoms with Crippen LogP contribution in [0.15, 0.2) is 30.9 Å². The summed E-state index contributed by atoms with van der Waals surface area (Å²) >= 11 is 1.06. The van der Waals surface area contributed by atoms with Gasteiger partial charge >= 0.3 is 0 Å².